The third kappa shape index (κ3) is 1.84. The molecule has 4 heteroatoms. The zero-order valence-electron chi connectivity index (χ0n) is 6.78. The molecule has 0 bridgehead atoms. The van der Waals surface area contributed by atoms with Crippen LogP contribution in [0.3, 0.4) is 0 Å². The maximum atomic E-state index is 11.1. The Bertz CT molecular complexity index is 348. The molecule has 2 N–H and O–H groups in total. The number of carbonyl (C=O) groups excluding carboxylic acids is 1. The normalized spacial score (nSPS) is 18.5. The van der Waals surface area contributed by atoms with Gasteiger partial charge in [0.1, 0.15) is 5.70 Å². The van der Waals surface area contributed by atoms with Gasteiger partial charge in [-0.3, -0.25) is 9.52 Å². The third-order valence-corrected chi connectivity index (χ3v) is 2.27. The van der Waals surface area contributed by atoms with E-state index in [4.69, 9.17) is 0 Å². The average molecular weight is 192 g/mol. The van der Waals surface area contributed by atoms with Crippen molar-refractivity contribution in [3.8, 4) is 0 Å². The van der Waals surface area contributed by atoms with Crippen molar-refractivity contribution in [1.29, 1.82) is 0 Å². The van der Waals surface area contributed by atoms with Crippen LogP contribution >= 0.6 is 12.1 Å². The molecule has 1 aromatic rings. The summed E-state index contributed by atoms with van der Waals surface area (Å²) in [5.41, 5.74) is 1.61. The van der Waals surface area contributed by atoms with Gasteiger partial charge >= 0.3 is 0 Å². The van der Waals surface area contributed by atoms with E-state index >= 15 is 0 Å². The van der Waals surface area contributed by atoms with E-state index in [-0.39, 0.29) is 5.91 Å². The minimum absolute atomic E-state index is 0.0751. The standard InChI is InChI=1S/C9H8N2OS/c12-9-8(10-13-11-9)6-7-4-2-1-3-5-7/h1-6,10H,(H,11,12)/b8-6-. The SMILES string of the molecule is O=C1NSN/C1=C\c1ccccc1. The fraction of sp³-hybridized carbons (Fsp3) is 0. The molecule has 0 aliphatic carbocycles. The van der Waals surface area contributed by atoms with E-state index in [0.717, 1.165) is 5.56 Å². The van der Waals surface area contributed by atoms with Crippen LogP contribution in [0.15, 0.2) is 36.0 Å². The molecule has 0 aromatic heterocycles. The van der Waals surface area contributed by atoms with Gasteiger partial charge < -0.3 is 4.72 Å². The summed E-state index contributed by atoms with van der Waals surface area (Å²) in [5, 5.41) is 0. The Labute approximate surface area is 80.5 Å². The van der Waals surface area contributed by atoms with E-state index in [0.29, 0.717) is 5.70 Å². The van der Waals surface area contributed by atoms with Crippen LogP contribution in [0, 0.1) is 0 Å². The van der Waals surface area contributed by atoms with Crippen LogP contribution in [-0.2, 0) is 4.79 Å². The Hall–Kier alpha value is -1.42. The average Bonchev–Trinajstić information content (AvgIpc) is 2.54. The number of nitrogens with one attached hydrogen (secondary N) is 2. The first kappa shape index (κ1) is 8.19. The number of carbonyl (C=O) groups is 1. The van der Waals surface area contributed by atoms with Crippen molar-refractivity contribution >= 4 is 24.1 Å². The quantitative estimate of drug-likeness (QED) is 0.520. The highest BCUT2D eigenvalue weighted by molar-refractivity contribution is 7.96. The summed E-state index contributed by atoms with van der Waals surface area (Å²) in [6.07, 6.45) is 1.81. The lowest BCUT2D eigenvalue weighted by molar-refractivity contribution is -0.115. The summed E-state index contributed by atoms with van der Waals surface area (Å²) in [7, 11) is 0. The number of hydrogen-bond donors (Lipinski definition) is 2. The minimum atomic E-state index is -0.0751. The predicted molar refractivity (Wildman–Crippen MR) is 53.3 cm³/mol. The topological polar surface area (TPSA) is 41.1 Å². The Morgan fingerprint density at radius 2 is 1.92 bits per heavy atom. The summed E-state index contributed by atoms with van der Waals surface area (Å²) in [6.45, 7) is 0. The number of amides is 1. The lowest BCUT2D eigenvalue weighted by atomic mass is 10.2. The molecule has 2 rings (SSSR count). The van der Waals surface area contributed by atoms with Gasteiger partial charge in [0.2, 0.25) is 0 Å². The van der Waals surface area contributed by atoms with Crippen LogP contribution < -0.4 is 9.44 Å². The zero-order valence-corrected chi connectivity index (χ0v) is 7.60. The molecule has 1 saturated heterocycles. The van der Waals surface area contributed by atoms with Gasteiger partial charge in [0, 0.05) is 0 Å². The molecule has 1 aliphatic rings. The first-order valence-electron chi connectivity index (χ1n) is 3.85. The molecule has 66 valence electrons. The molecule has 0 unspecified atom stereocenters. The molecule has 3 nitrogen and oxygen atoms in total. The van der Waals surface area contributed by atoms with E-state index in [1.807, 2.05) is 36.4 Å². The third-order valence-electron chi connectivity index (χ3n) is 1.66. The summed E-state index contributed by atoms with van der Waals surface area (Å²) >= 11 is 1.19. The molecule has 1 heterocycles. The smallest absolute Gasteiger partial charge is 0.279 e. The lowest BCUT2D eigenvalue weighted by Gasteiger charge is -1.94. The van der Waals surface area contributed by atoms with E-state index < -0.39 is 0 Å². The molecule has 0 spiro atoms. The van der Waals surface area contributed by atoms with Crippen molar-refractivity contribution in [3.05, 3.63) is 41.6 Å². The van der Waals surface area contributed by atoms with Crippen molar-refractivity contribution in [2.45, 2.75) is 0 Å². The van der Waals surface area contributed by atoms with Crippen LogP contribution in [0.25, 0.3) is 6.08 Å². The number of hydrogen-bond acceptors (Lipinski definition) is 3. The zero-order chi connectivity index (χ0) is 9.10. The van der Waals surface area contributed by atoms with Crippen molar-refractivity contribution in [1.82, 2.24) is 9.44 Å². The molecule has 1 aliphatic heterocycles. The summed E-state index contributed by atoms with van der Waals surface area (Å²) < 4.78 is 5.46. The Balaban J connectivity index is 2.25. The molecule has 0 saturated carbocycles. The highest BCUT2D eigenvalue weighted by Crippen LogP contribution is 2.11. The minimum Gasteiger partial charge on any atom is -0.307 e. The number of rotatable bonds is 1. The summed E-state index contributed by atoms with van der Waals surface area (Å²) in [4.78, 5) is 11.1. The lowest BCUT2D eigenvalue weighted by Crippen LogP contribution is -2.09. The molecular formula is C9H8N2OS. The van der Waals surface area contributed by atoms with Gasteiger partial charge in [-0.2, -0.15) is 0 Å². The largest absolute Gasteiger partial charge is 0.307 e. The van der Waals surface area contributed by atoms with Gasteiger partial charge in [-0.05, 0) is 11.6 Å². The van der Waals surface area contributed by atoms with Crippen LogP contribution in [0.1, 0.15) is 5.56 Å². The van der Waals surface area contributed by atoms with Crippen LogP contribution in [0.5, 0.6) is 0 Å². The Morgan fingerprint density at radius 1 is 1.15 bits per heavy atom. The monoisotopic (exact) mass is 192 g/mol. The Morgan fingerprint density at radius 3 is 2.54 bits per heavy atom. The molecule has 13 heavy (non-hydrogen) atoms. The highest BCUT2D eigenvalue weighted by atomic mass is 32.2. The predicted octanol–water partition coefficient (Wildman–Crippen LogP) is 1.31. The van der Waals surface area contributed by atoms with Gasteiger partial charge in [0.25, 0.3) is 5.91 Å². The van der Waals surface area contributed by atoms with Gasteiger partial charge in [0.15, 0.2) is 0 Å². The highest BCUT2D eigenvalue weighted by Gasteiger charge is 2.15. The van der Waals surface area contributed by atoms with Gasteiger partial charge in [-0.25, -0.2) is 0 Å². The second-order valence-corrected chi connectivity index (χ2v) is 3.22. The van der Waals surface area contributed by atoms with Crippen LogP contribution in [-0.4, -0.2) is 5.91 Å². The molecule has 1 aromatic carbocycles. The molecule has 1 amide bonds. The first-order chi connectivity index (χ1) is 6.36. The fourth-order valence-electron chi connectivity index (χ4n) is 1.04. The van der Waals surface area contributed by atoms with E-state index in [2.05, 4.69) is 9.44 Å². The van der Waals surface area contributed by atoms with Gasteiger partial charge in [-0.1, -0.05) is 30.3 Å². The molecule has 1 fully saturated rings. The second kappa shape index (κ2) is 3.53. The summed E-state index contributed by atoms with van der Waals surface area (Å²) in [5.74, 6) is -0.0751. The van der Waals surface area contributed by atoms with E-state index in [9.17, 15) is 4.79 Å². The maximum Gasteiger partial charge on any atom is 0.279 e. The second-order valence-electron chi connectivity index (χ2n) is 2.60. The van der Waals surface area contributed by atoms with Crippen LogP contribution in [0.4, 0.5) is 0 Å². The molecule has 0 radical (unpaired) electrons. The van der Waals surface area contributed by atoms with E-state index in [1.54, 1.807) is 0 Å². The Kier molecular flexibility index (Phi) is 2.23. The molecular weight excluding hydrogens is 184 g/mol. The van der Waals surface area contributed by atoms with Crippen molar-refractivity contribution < 1.29 is 4.79 Å². The van der Waals surface area contributed by atoms with Gasteiger partial charge in [-0.15, -0.1) is 0 Å². The number of benzene rings is 1. The van der Waals surface area contributed by atoms with Crippen LogP contribution in [0.2, 0.25) is 0 Å². The van der Waals surface area contributed by atoms with Crippen molar-refractivity contribution in [2.24, 2.45) is 0 Å². The first-order valence-corrected chi connectivity index (χ1v) is 4.67. The van der Waals surface area contributed by atoms with Crippen molar-refractivity contribution in [3.63, 3.8) is 0 Å². The van der Waals surface area contributed by atoms with Gasteiger partial charge in [0.05, 0.1) is 12.1 Å². The maximum absolute atomic E-state index is 11.1. The fourth-order valence-corrected chi connectivity index (χ4v) is 1.55. The molecule has 0 atom stereocenters. The van der Waals surface area contributed by atoms with Crippen molar-refractivity contribution in [2.75, 3.05) is 0 Å². The van der Waals surface area contributed by atoms with E-state index in [1.165, 1.54) is 12.1 Å². The summed E-state index contributed by atoms with van der Waals surface area (Å²) in [6, 6.07) is 9.72.